The Morgan fingerprint density at radius 2 is 0.897 bits per heavy atom. The van der Waals surface area contributed by atoms with Gasteiger partial charge in [-0.05, 0) is 50.0 Å². The van der Waals surface area contributed by atoms with Gasteiger partial charge in [0.1, 0.15) is 37.3 Å². The molecule has 0 aromatic carbocycles. The maximum Gasteiger partial charge on any atom is 0.322 e. The minimum absolute atomic E-state index is 0.106. The van der Waals surface area contributed by atoms with E-state index in [1.165, 1.54) is 23.5 Å². The molecule has 4 unspecified atom stereocenters. The highest BCUT2D eigenvalue weighted by Crippen LogP contribution is 2.14. The van der Waals surface area contributed by atoms with Gasteiger partial charge in [0.15, 0.2) is 0 Å². The Hall–Kier alpha value is -4.15. The fraction of sp³-hybridized carbons (Fsp3) is 0.750. The Morgan fingerprint density at radius 1 is 0.517 bits per heavy atom. The normalized spacial score (nSPS) is 12.9. The molecule has 58 heavy (non-hydrogen) atoms. The summed E-state index contributed by atoms with van der Waals surface area (Å²) in [7, 11) is 0. The molecule has 0 aliphatic heterocycles. The largest absolute Gasteiger partial charge is 0.480 e. The first-order valence-electron chi connectivity index (χ1n) is 19.4. The molecular formula is C36H62N6O14S2. The van der Waals surface area contributed by atoms with Crippen LogP contribution in [0.4, 0.5) is 0 Å². The van der Waals surface area contributed by atoms with Gasteiger partial charge < -0.3 is 57.9 Å². The monoisotopic (exact) mass is 866 g/mol. The van der Waals surface area contributed by atoms with Crippen molar-refractivity contribution in [3.63, 3.8) is 0 Å². The molecule has 22 heteroatoms. The standard InChI is InChI=1S/C36H62N6O14S2/c37-24(35(52)53)13-15-28(43)41-26(33(50)39-20-30(45)46)22-57-18-10-6-2-1-5-9-17-56-32(49)12-8-4-3-7-11-19-58-23-27(34(51)40-21-31(47)48)42-29(44)16-14-25(38)36(54)55/h24-27H,1-23,37-38H2,(H,39,50)(H,40,51)(H,41,43)(H,42,44)(H,45,46)(H,47,48)(H,52,53)(H,54,55). The van der Waals surface area contributed by atoms with E-state index in [0.29, 0.717) is 31.0 Å². The van der Waals surface area contributed by atoms with Gasteiger partial charge in [-0.2, -0.15) is 23.5 Å². The van der Waals surface area contributed by atoms with E-state index in [1.54, 1.807) is 0 Å². The minimum Gasteiger partial charge on any atom is -0.480 e. The number of amides is 4. The zero-order valence-corrected chi connectivity index (χ0v) is 34.5. The fourth-order valence-electron chi connectivity index (χ4n) is 4.97. The second kappa shape index (κ2) is 33.8. The van der Waals surface area contributed by atoms with E-state index in [4.69, 9.17) is 36.6 Å². The number of carboxylic acid groups (broad SMARTS) is 4. The van der Waals surface area contributed by atoms with Crippen LogP contribution in [0.25, 0.3) is 0 Å². The van der Waals surface area contributed by atoms with Crippen LogP contribution >= 0.6 is 23.5 Å². The Bertz CT molecular complexity index is 1310. The lowest BCUT2D eigenvalue weighted by Gasteiger charge is -2.18. The highest BCUT2D eigenvalue weighted by atomic mass is 32.2. The summed E-state index contributed by atoms with van der Waals surface area (Å²) in [4.78, 5) is 105. The van der Waals surface area contributed by atoms with Crippen LogP contribution in [0.5, 0.6) is 0 Å². The summed E-state index contributed by atoms with van der Waals surface area (Å²) in [6.07, 6.45) is 9.33. The molecule has 0 saturated carbocycles. The topological polar surface area (TPSA) is 344 Å². The molecule has 0 aromatic heterocycles. The van der Waals surface area contributed by atoms with Crippen LogP contribution in [0.2, 0.25) is 0 Å². The predicted molar refractivity (Wildman–Crippen MR) is 216 cm³/mol. The molecule has 0 heterocycles. The molecule has 0 saturated heterocycles. The average molecular weight is 867 g/mol. The number of hydrogen-bond donors (Lipinski definition) is 10. The summed E-state index contributed by atoms with van der Waals surface area (Å²) < 4.78 is 5.33. The number of nitrogens with two attached hydrogens (primary N) is 2. The summed E-state index contributed by atoms with van der Waals surface area (Å²) >= 11 is 2.86. The van der Waals surface area contributed by atoms with Crippen LogP contribution < -0.4 is 32.7 Å². The molecule has 0 bridgehead atoms. The van der Waals surface area contributed by atoms with E-state index in [2.05, 4.69) is 21.3 Å². The van der Waals surface area contributed by atoms with E-state index in [1.807, 2.05) is 0 Å². The van der Waals surface area contributed by atoms with Crippen molar-refractivity contribution >= 4 is 77.0 Å². The van der Waals surface area contributed by atoms with Crippen molar-refractivity contribution in [2.24, 2.45) is 11.5 Å². The van der Waals surface area contributed by atoms with Crippen LogP contribution in [0.1, 0.15) is 103 Å². The zero-order valence-electron chi connectivity index (χ0n) is 32.9. The lowest BCUT2D eigenvalue weighted by Crippen LogP contribution is -2.49. The van der Waals surface area contributed by atoms with Crippen LogP contribution in [-0.2, 0) is 47.9 Å². The fourth-order valence-corrected chi connectivity index (χ4v) is 7.06. The maximum absolute atomic E-state index is 12.4. The quantitative estimate of drug-likeness (QED) is 0.0299. The molecule has 0 fully saturated rings. The maximum atomic E-state index is 12.4. The van der Waals surface area contributed by atoms with Gasteiger partial charge in [0.25, 0.3) is 0 Å². The van der Waals surface area contributed by atoms with Crippen molar-refractivity contribution in [2.45, 2.75) is 127 Å². The number of hydrogen-bond acceptors (Lipinski definition) is 14. The molecule has 20 nitrogen and oxygen atoms in total. The third-order valence-corrected chi connectivity index (χ3v) is 10.6. The smallest absolute Gasteiger partial charge is 0.322 e. The van der Waals surface area contributed by atoms with E-state index in [-0.39, 0.29) is 43.2 Å². The molecule has 0 aliphatic rings. The number of esters is 1. The second-order valence-electron chi connectivity index (χ2n) is 13.4. The third-order valence-electron chi connectivity index (χ3n) is 8.31. The molecule has 4 amide bonds. The number of carbonyl (C=O) groups excluding carboxylic acids is 5. The molecule has 332 valence electrons. The van der Waals surface area contributed by atoms with Crippen molar-refractivity contribution in [2.75, 3.05) is 42.7 Å². The number of rotatable bonds is 37. The molecule has 0 spiro atoms. The van der Waals surface area contributed by atoms with Gasteiger partial charge in [-0.25, -0.2) is 0 Å². The first-order chi connectivity index (χ1) is 27.5. The predicted octanol–water partition coefficient (Wildman–Crippen LogP) is 0.433. The van der Waals surface area contributed by atoms with Gasteiger partial charge in [0.2, 0.25) is 23.6 Å². The van der Waals surface area contributed by atoms with Crippen molar-refractivity contribution in [1.82, 2.24) is 21.3 Å². The highest BCUT2D eigenvalue weighted by Gasteiger charge is 2.24. The summed E-state index contributed by atoms with van der Waals surface area (Å²) in [5.41, 5.74) is 10.8. The van der Waals surface area contributed by atoms with Gasteiger partial charge >= 0.3 is 29.8 Å². The second-order valence-corrected chi connectivity index (χ2v) is 15.7. The Kier molecular flexibility index (Phi) is 31.4. The Balaban J connectivity index is 4.07. The van der Waals surface area contributed by atoms with Crippen molar-refractivity contribution in [1.29, 1.82) is 0 Å². The number of nitrogens with one attached hydrogen (secondary N) is 4. The highest BCUT2D eigenvalue weighted by molar-refractivity contribution is 7.99. The molecular weight excluding hydrogens is 805 g/mol. The number of thioether (sulfide) groups is 2. The van der Waals surface area contributed by atoms with E-state index >= 15 is 0 Å². The van der Waals surface area contributed by atoms with Gasteiger partial charge in [0.05, 0.1) is 6.61 Å². The minimum atomic E-state index is -1.24. The molecule has 0 aromatic rings. The molecule has 0 rings (SSSR count). The summed E-state index contributed by atoms with van der Waals surface area (Å²) in [5, 5.41) is 44.9. The first kappa shape index (κ1) is 53.9. The molecule has 12 N–H and O–H groups in total. The van der Waals surface area contributed by atoms with Gasteiger partial charge in [0, 0.05) is 30.8 Å². The van der Waals surface area contributed by atoms with Gasteiger partial charge in [-0.15, -0.1) is 0 Å². The van der Waals surface area contributed by atoms with E-state index in [0.717, 1.165) is 64.2 Å². The average Bonchev–Trinajstić information content (AvgIpc) is 3.17. The number of carbonyl (C=O) groups is 9. The number of unbranched alkanes of at least 4 members (excludes halogenated alkanes) is 9. The third kappa shape index (κ3) is 30.9. The van der Waals surface area contributed by atoms with Crippen molar-refractivity contribution in [3.05, 3.63) is 0 Å². The zero-order chi connectivity index (χ0) is 43.7. The Morgan fingerprint density at radius 3 is 1.29 bits per heavy atom. The van der Waals surface area contributed by atoms with E-state index in [9.17, 15) is 43.2 Å². The van der Waals surface area contributed by atoms with Crippen molar-refractivity contribution < 1.29 is 68.3 Å². The summed E-state index contributed by atoms with van der Waals surface area (Å²) in [6.45, 7) is -0.839. The van der Waals surface area contributed by atoms with Crippen molar-refractivity contribution in [3.8, 4) is 0 Å². The van der Waals surface area contributed by atoms with Gasteiger partial charge in [-0.3, -0.25) is 43.2 Å². The molecule has 0 radical (unpaired) electrons. The number of carboxylic acids is 4. The lowest BCUT2D eigenvalue weighted by molar-refractivity contribution is -0.144. The van der Waals surface area contributed by atoms with Crippen LogP contribution in [-0.4, -0.2) is 141 Å². The van der Waals surface area contributed by atoms with Crippen LogP contribution in [0.3, 0.4) is 0 Å². The SMILES string of the molecule is NC(CCC(=O)NC(CSCCCCCCCCOC(=O)CCCCCCCSCC(NC(=O)CCC(N)C(=O)O)C(=O)NCC(=O)O)C(=O)NCC(=O)O)C(=O)O. The lowest BCUT2D eigenvalue weighted by atomic mass is 10.1. The van der Waals surface area contributed by atoms with E-state index < -0.39 is 84.8 Å². The summed E-state index contributed by atoms with van der Waals surface area (Å²) in [5.74, 6) is -5.75. The number of aliphatic carboxylic acids is 4. The summed E-state index contributed by atoms with van der Waals surface area (Å²) in [6, 6.07) is -4.39. The van der Waals surface area contributed by atoms with Crippen LogP contribution in [0.15, 0.2) is 0 Å². The molecule has 0 aliphatic carbocycles. The molecule has 4 atom stereocenters. The van der Waals surface area contributed by atoms with Gasteiger partial charge in [-0.1, -0.05) is 44.9 Å². The van der Waals surface area contributed by atoms with Crippen LogP contribution in [0, 0.1) is 0 Å². The number of ether oxygens (including phenoxy) is 1. The Labute approximate surface area is 346 Å². The first-order valence-corrected chi connectivity index (χ1v) is 21.7.